The first-order valence-electron chi connectivity index (χ1n) is 8.09. The Hall–Kier alpha value is -1.96. The summed E-state index contributed by atoms with van der Waals surface area (Å²) in [5.74, 6) is -0.617. The van der Waals surface area contributed by atoms with Crippen molar-refractivity contribution < 1.29 is 22.3 Å². The molecule has 1 saturated heterocycles. The SMILES string of the molecule is O=C(COc1ccc(F)c(Cl)c1)c1ccc(S(=O)(=O)N2CCCC2)cc1. The van der Waals surface area contributed by atoms with E-state index in [1.165, 1.54) is 40.7 Å². The van der Waals surface area contributed by atoms with Gasteiger partial charge >= 0.3 is 0 Å². The first-order valence-corrected chi connectivity index (χ1v) is 9.91. The monoisotopic (exact) mass is 397 g/mol. The number of benzene rings is 2. The van der Waals surface area contributed by atoms with Gasteiger partial charge in [0.1, 0.15) is 11.6 Å². The molecule has 8 heteroatoms. The van der Waals surface area contributed by atoms with Gasteiger partial charge < -0.3 is 4.74 Å². The molecule has 0 radical (unpaired) electrons. The van der Waals surface area contributed by atoms with Crippen LogP contribution in [0, 0.1) is 5.82 Å². The molecule has 1 aliphatic rings. The van der Waals surface area contributed by atoms with Gasteiger partial charge in [0.05, 0.1) is 9.92 Å². The second-order valence-electron chi connectivity index (χ2n) is 5.92. The quantitative estimate of drug-likeness (QED) is 0.699. The van der Waals surface area contributed by atoms with Gasteiger partial charge in [-0.05, 0) is 49.2 Å². The summed E-state index contributed by atoms with van der Waals surface area (Å²) >= 11 is 5.66. The highest BCUT2D eigenvalue weighted by Crippen LogP contribution is 2.22. The molecule has 1 fully saturated rings. The Labute approximate surface area is 156 Å². The number of hydrogen-bond acceptors (Lipinski definition) is 4. The lowest BCUT2D eigenvalue weighted by Crippen LogP contribution is -2.27. The van der Waals surface area contributed by atoms with Crippen molar-refractivity contribution >= 4 is 27.4 Å². The summed E-state index contributed by atoms with van der Waals surface area (Å²) in [6, 6.07) is 9.60. The van der Waals surface area contributed by atoms with Gasteiger partial charge in [-0.2, -0.15) is 4.31 Å². The minimum atomic E-state index is -3.50. The van der Waals surface area contributed by atoms with Gasteiger partial charge in [-0.15, -0.1) is 0 Å². The number of hydrogen-bond donors (Lipinski definition) is 0. The standard InChI is InChI=1S/C18H17ClFNO4S/c19-16-11-14(5-8-17(16)20)25-12-18(22)13-3-6-15(7-4-13)26(23,24)21-9-1-2-10-21/h3-8,11H,1-2,9-10,12H2. The third kappa shape index (κ3) is 4.06. The third-order valence-electron chi connectivity index (χ3n) is 4.14. The number of ether oxygens (including phenoxy) is 1. The summed E-state index contributed by atoms with van der Waals surface area (Å²) in [5, 5.41) is -0.0913. The zero-order valence-electron chi connectivity index (χ0n) is 13.8. The molecule has 0 amide bonds. The lowest BCUT2D eigenvalue weighted by atomic mass is 10.1. The molecule has 0 N–H and O–H groups in total. The van der Waals surface area contributed by atoms with Gasteiger partial charge in [0.15, 0.2) is 12.4 Å². The van der Waals surface area contributed by atoms with Crippen LogP contribution in [-0.4, -0.2) is 38.2 Å². The topological polar surface area (TPSA) is 63.7 Å². The molecular formula is C18H17ClFNO4S. The zero-order chi connectivity index (χ0) is 18.7. The number of sulfonamides is 1. The van der Waals surface area contributed by atoms with E-state index in [9.17, 15) is 17.6 Å². The molecule has 0 atom stereocenters. The van der Waals surface area contributed by atoms with Gasteiger partial charge in [-0.25, -0.2) is 12.8 Å². The maximum atomic E-state index is 13.1. The van der Waals surface area contributed by atoms with Crippen LogP contribution in [0.25, 0.3) is 0 Å². The van der Waals surface area contributed by atoms with E-state index in [1.807, 2.05) is 0 Å². The summed E-state index contributed by atoms with van der Waals surface area (Å²) in [6.45, 7) is 0.786. The van der Waals surface area contributed by atoms with Crippen molar-refractivity contribution in [3.63, 3.8) is 0 Å². The summed E-state index contributed by atoms with van der Waals surface area (Å²) in [4.78, 5) is 12.4. The normalized spacial score (nSPS) is 15.2. The highest BCUT2D eigenvalue weighted by molar-refractivity contribution is 7.89. The number of rotatable bonds is 6. The first-order chi connectivity index (χ1) is 12.4. The smallest absolute Gasteiger partial charge is 0.243 e. The second-order valence-corrected chi connectivity index (χ2v) is 8.27. The Bertz CT molecular complexity index is 909. The molecule has 5 nitrogen and oxygen atoms in total. The van der Waals surface area contributed by atoms with Gasteiger partial charge in [0, 0.05) is 24.7 Å². The van der Waals surface area contributed by atoms with Crippen molar-refractivity contribution in [2.24, 2.45) is 0 Å². The minimum absolute atomic E-state index is 0.0913. The molecule has 138 valence electrons. The van der Waals surface area contributed by atoms with Crippen molar-refractivity contribution in [2.45, 2.75) is 17.7 Å². The van der Waals surface area contributed by atoms with Crippen molar-refractivity contribution in [3.8, 4) is 5.75 Å². The van der Waals surface area contributed by atoms with Crippen molar-refractivity contribution in [1.82, 2.24) is 4.31 Å². The molecule has 26 heavy (non-hydrogen) atoms. The van der Waals surface area contributed by atoms with Crippen LogP contribution in [0.3, 0.4) is 0 Å². The van der Waals surface area contributed by atoms with Crippen LogP contribution < -0.4 is 4.74 Å². The second kappa shape index (κ2) is 7.73. The largest absolute Gasteiger partial charge is 0.485 e. The number of ketones is 1. The molecule has 0 aromatic heterocycles. The van der Waals surface area contributed by atoms with Gasteiger partial charge in [0.25, 0.3) is 0 Å². The summed E-state index contributed by atoms with van der Waals surface area (Å²) < 4.78 is 44.8. The van der Waals surface area contributed by atoms with E-state index in [1.54, 1.807) is 0 Å². The Morgan fingerprint density at radius 3 is 2.38 bits per heavy atom. The van der Waals surface area contributed by atoms with Gasteiger partial charge in [-0.1, -0.05) is 11.6 Å². The Balaban J connectivity index is 1.66. The third-order valence-corrected chi connectivity index (χ3v) is 6.34. The number of carbonyl (C=O) groups is 1. The fraction of sp³-hybridized carbons (Fsp3) is 0.278. The van der Waals surface area contributed by atoms with Crippen LogP contribution in [0.15, 0.2) is 47.4 Å². The fourth-order valence-corrected chi connectivity index (χ4v) is 4.38. The van der Waals surface area contributed by atoms with E-state index in [0.717, 1.165) is 18.9 Å². The molecule has 0 bridgehead atoms. The van der Waals surface area contributed by atoms with E-state index in [2.05, 4.69) is 0 Å². The van der Waals surface area contributed by atoms with Crippen LogP contribution in [-0.2, 0) is 10.0 Å². The maximum absolute atomic E-state index is 13.1. The Morgan fingerprint density at radius 2 is 1.77 bits per heavy atom. The molecule has 2 aromatic carbocycles. The van der Waals surface area contributed by atoms with E-state index >= 15 is 0 Å². The van der Waals surface area contributed by atoms with Crippen LogP contribution in [0.1, 0.15) is 23.2 Å². The summed E-state index contributed by atoms with van der Waals surface area (Å²) in [7, 11) is -3.50. The Morgan fingerprint density at radius 1 is 1.12 bits per heavy atom. The first kappa shape index (κ1) is 18.8. The highest BCUT2D eigenvalue weighted by atomic mass is 35.5. The lowest BCUT2D eigenvalue weighted by molar-refractivity contribution is 0.0921. The van der Waals surface area contributed by atoms with E-state index in [0.29, 0.717) is 18.7 Å². The van der Waals surface area contributed by atoms with E-state index in [4.69, 9.17) is 16.3 Å². The lowest BCUT2D eigenvalue weighted by Gasteiger charge is -2.15. The van der Waals surface area contributed by atoms with E-state index in [-0.39, 0.29) is 28.1 Å². The average molecular weight is 398 g/mol. The minimum Gasteiger partial charge on any atom is -0.485 e. The molecule has 3 rings (SSSR count). The van der Waals surface area contributed by atoms with Crippen LogP contribution in [0.4, 0.5) is 4.39 Å². The van der Waals surface area contributed by atoms with E-state index < -0.39 is 15.8 Å². The predicted octanol–water partition coefficient (Wildman–Crippen LogP) is 3.53. The Kier molecular flexibility index (Phi) is 5.60. The molecule has 2 aromatic rings. The predicted molar refractivity (Wildman–Crippen MR) is 95.7 cm³/mol. The molecule has 0 unspecified atom stereocenters. The number of nitrogens with zero attached hydrogens (tertiary/aromatic N) is 1. The molecule has 1 heterocycles. The van der Waals surface area contributed by atoms with Crippen LogP contribution in [0.2, 0.25) is 5.02 Å². The van der Waals surface area contributed by atoms with Gasteiger partial charge in [-0.3, -0.25) is 4.79 Å². The van der Waals surface area contributed by atoms with Crippen LogP contribution >= 0.6 is 11.6 Å². The molecular weight excluding hydrogens is 381 g/mol. The van der Waals surface area contributed by atoms with Gasteiger partial charge in [0.2, 0.25) is 10.0 Å². The zero-order valence-corrected chi connectivity index (χ0v) is 15.4. The average Bonchev–Trinajstić information content (AvgIpc) is 3.18. The number of halogens is 2. The van der Waals surface area contributed by atoms with Crippen molar-refractivity contribution in [2.75, 3.05) is 19.7 Å². The maximum Gasteiger partial charge on any atom is 0.243 e. The fourth-order valence-electron chi connectivity index (χ4n) is 2.69. The van der Waals surface area contributed by atoms with Crippen LogP contribution in [0.5, 0.6) is 5.75 Å². The number of carbonyl (C=O) groups excluding carboxylic acids is 1. The molecule has 0 spiro atoms. The summed E-state index contributed by atoms with van der Waals surface area (Å²) in [6.07, 6.45) is 1.72. The van der Waals surface area contributed by atoms with Crippen molar-refractivity contribution in [3.05, 3.63) is 58.9 Å². The summed E-state index contributed by atoms with van der Waals surface area (Å²) in [5.41, 5.74) is 0.332. The molecule has 0 aliphatic carbocycles. The highest BCUT2D eigenvalue weighted by Gasteiger charge is 2.27. The molecule has 0 saturated carbocycles. The number of Topliss-reactive ketones (excluding diaryl/α,β-unsaturated/α-hetero) is 1. The van der Waals surface area contributed by atoms with Crippen molar-refractivity contribution in [1.29, 1.82) is 0 Å². The molecule has 1 aliphatic heterocycles.